The van der Waals surface area contributed by atoms with E-state index in [9.17, 15) is 0 Å². The molecule has 13 nitrogen and oxygen atoms in total. The van der Waals surface area contributed by atoms with Gasteiger partial charge in [-0.05, 0) is 27.7 Å². The van der Waals surface area contributed by atoms with E-state index in [0.29, 0.717) is 39.6 Å². The number of ether oxygens (including phenoxy) is 13. The van der Waals surface area contributed by atoms with Gasteiger partial charge in [0.2, 0.25) is 0 Å². The van der Waals surface area contributed by atoms with Crippen LogP contribution in [0.5, 0.6) is 0 Å². The van der Waals surface area contributed by atoms with Gasteiger partial charge < -0.3 is 61.6 Å². The van der Waals surface area contributed by atoms with Gasteiger partial charge in [-0.3, -0.25) is 0 Å². The molecule has 4 fully saturated rings. The molecule has 39 heavy (non-hydrogen) atoms. The Bertz CT molecular complexity index is 751. The van der Waals surface area contributed by atoms with Crippen molar-refractivity contribution in [2.24, 2.45) is 0 Å². The predicted molar refractivity (Wildman–Crippen MR) is 133 cm³/mol. The van der Waals surface area contributed by atoms with Crippen LogP contribution in [0.25, 0.3) is 0 Å². The molecule has 228 valence electrons. The van der Waals surface area contributed by atoms with Gasteiger partial charge in [-0.1, -0.05) is 0 Å². The van der Waals surface area contributed by atoms with Gasteiger partial charge in [-0.25, -0.2) is 0 Å². The van der Waals surface area contributed by atoms with Gasteiger partial charge in [0, 0.05) is 28.4 Å². The third kappa shape index (κ3) is 7.47. The number of rotatable bonds is 14. The minimum absolute atomic E-state index is 0.291. The van der Waals surface area contributed by atoms with E-state index in [0.717, 1.165) is 0 Å². The molecule has 0 N–H and O–H groups in total. The van der Waals surface area contributed by atoms with E-state index in [1.807, 2.05) is 27.7 Å². The minimum atomic E-state index is -0.751. The van der Waals surface area contributed by atoms with Gasteiger partial charge >= 0.3 is 0 Å². The molecule has 0 aliphatic carbocycles. The Morgan fingerprint density at radius 1 is 0.513 bits per heavy atom. The number of hydrogen-bond acceptors (Lipinski definition) is 13. The summed E-state index contributed by atoms with van der Waals surface area (Å²) in [5, 5.41) is 0. The molecule has 4 aliphatic heterocycles. The average molecular weight is 567 g/mol. The molecule has 0 saturated carbocycles. The van der Waals surface area contributed by atoms with Crippen LogP contribution in [-0.2, 0) is 61.6 Å². The highest BCUT2D eigenvalue weighted by Crippen LogP contribution is 2.44. The standard InChI is InChI=1S/C26H46O13/c1-25(2)36-18-16(35-24-22(20(18)37-25)38-26(3,4)39-24)14-33-12-10-31-9-11-32-13-15-17(27-5)19(28-6)21(29-7)23(30-8)34-15/h15-24H,9-14H2,1-8H3/t15-,16-,17-,18+,19+,20+,21+,22-,23+,24-/m1/s1. The van der Waals surface area contributed by atoms with E-state index in [-0.39, 0.29) is 42.7 Å². The lowest BCUT2D eigenvalue weighted by atomic mass is 9.98. The van der Waals surface area contributed by atoms with Crippen molar-refractivity contribution >= 4 is 0 Å². The summed E-state index contributed by atoms with van der Waals surface area (Å²) in [6.45, 7) is 9.66. The Hall–Kier alpha value is -0.520. The topological polar surface area (TPSA) is 120 Å². The van der Waals surface area contributed by atoms with Gasteiger partial charge in [-0.15, -0.1) is 0 Å². The maximum Gasteiger partial charge on any atom is 0.190 e. The molecular formula is C26H46O13. The first-order valence-electron chi connectivity index (χ1n) is 13.5. The fraction of sp³-hybridized carbons (Fsp3) is 1.00. The summed E-state index contributed by atoms with van der Waals surface area (Å²) in [5.74, 6) is -1.49. The van der Waals surface area contributed by atoms with E-state index in [4.69, 9.17) is 61.6 Å². The highest BCUT2D eigenvalue weighted by Gasteiger charge is 2.60. The quantitative estimate of drug-likeness (QED) is 0.277. The summed E-state index contributed by atoms with van der Waals surface area (Å²) in [5.41, 5.74) is 0. The van der Waals surface area contributed by atoms with Gasteiger partial charge in [0.05, 0.1) is 39.6 Å². The maximum atomic E-state index is 6.15. The van der Waals surface area contributed by atoms with Crippen LogP contribution in [0.1, 0.15) is 27.7 Å². The SMILES string of the molecule is CO[C@H]1O[C@H](COCCOCCOC[C@H]2O[C@@H]3OC(C)(C)O[C@@H]3[C@H]3OC(C)(C)O[C@H]32)[C@@H](OC)[C@H](OC)[C@@H]1OC. The summed E-state index contributed by atoms with van der Waals surface area (Å²) >= 11 is 0. The molecule has 4 saturated heterocycles. The van der Waals surface area contributed by atoms with Crippen LogP contribution >= 0.6 is 0 Å². The lowest BCUT2D eigenvalue weighted by Gasteiger charge is -2.44. The molecule has 0 aromatic carbocycles. The highest BCUT2D eigenvalue weighted by atomic mass is 16.9. The third-order valence-corrected chi connectivity index (χ3v) is 7.20. The molecule has 0 bridgehead atoms. The van der Waals surface area contributed by atoms with Crippen molar-refractivity contribution < 1.29 is 61.6 Å². The van der Waals surface area contributed by atoms with Crippen molar-refractivity contribution in [2.75, 3.05) is 68.1 Å². The molecule has 4 heterocycles. The molecular weight excluding hydrogens is 520 g/mol. The first kappa shape index (κ1) is 31.4. The first-order chi connectivity index (χ1) is 18.6. The predicted octanol–water partition coefficient (Wildman–Crippen LogP) is 0.849. The van der Waals surface area contributed by atoms with Crippen LogP contribution in [0.15, 0.2) is 0 Å². The second kappa shape index (κ2) is 13.6. The van der Waals surface area contributed by atoms with Crippen LogP contribution in [0.4, 0.5) is 0 Å². The third-order valence-electron chi connectivity index (χ3n) is 7.20. The maximum absolute atomic E-state index is 6.15. The van der Waals surface area contributed by atoms with Crippen molar-refractivity contribution in [3.63, 3.8) is 0 Å². The molecule has 4 aliphatic rings. The second-order valence-corrected chi connectivity index (χ2v) is 10.8. The Labute approximate surface area is 230 Å². The summed E-state index contributed by atoms with van der Waals surface area (Å²) in [6, 6.07) is 0. The van der Waals surface area contributed by atoms with Crippen LogP contribution in [0.2, 0.25) is 0 Å². The highest BCUT2D eigenvalue weighted by molar-refractivity contribution is 5.00. The molecule has 0 radical (unpaired) electrons. The summed E-state index contributed by atoms with van der Waals surface area (Å²) in [4.78, 5) is 0. The normalized spacial score (nSPS) is 40.9. The zero-order valence-corrected chi connectivity index (χ0v) is 24.3. The summed E-state index contributed by atoms with van der Waals surface area (Å²) in [7, 11) is 6.36. The minimum Gasteiger partial charge on any atom is -0.377 e. The number of hydrogen-bond donors (Lipinski definition) is 0. The fourth-order valence-corrected chi connectivity index (χ4v) is 5.57. The molecule has 13 heteroatoms. The Balaban J connectivity index is 1.13. The van der Waals surface area contributed by atoms with Crippen molar-refractivity contribution in [1.82, 2.24) is 0 Å². The summed E-state index contributed by atoms with van der Waals surface area (Å²) in [6.07, 6.45) is -3.98. The Kier molecular flexibility index (Phi) is 11.0. The smallest absolute Gasteiger partial charge is 0.190 e. The monoisotopic (exact) mass is 566 g/mol. The molecule has 0 amide bonds. The molecule has 0 spiro atoms. The van der Waals surface area contributed by atoms with Gasteiger partial charge in [0.1, 0.15) is 48.8 Å². The fourth-order valence-electron chi connectivity index (χ4n) is 5.57. The number of fused-ring (bicyclic) bond motifs is 3. The Morgan fingerprint density at radius 2 is 1.05 bits per heavy atom. The van der Waals surface area contributed by atoms with Crippen LogP contribution in [0.3, 0.4) is 0 Å². The van der Waals surface area contributed by atoms with Gasteiger partial charge in [0.15, 0.2) is 24.2 Å². The molecule has 4 rings (SSSR count). The second-order valence-electron chi connectivity index (χ2n) is 10.8. The Morgan fingerprint density at radius 3 is 1.67 bits per heavy atom. The van der Waals surface area contributed by atoms with Crippen molar-refractivity contribution in [3.8, 4) is 0 Å². The molecule has 0 unspecified atom stereocenters. The van der Waals surface area contributed by atoms with E-state index >= 15 is 0 Å². The zero-order chi connectivity index (χ0) is 28.2. The van der Waals surface area contributed by atoms with E-state index in [1.165, 1.54) is 0 Å². The lowest BCUT2D eigenvalue weighted by molar-refractivity contribution is -0.308. The zero-order valence-electron chi connectivity index (χ0n) is 24.3. The van der Waals surface area contributed by atoms with Crippen LogP contribution < -0.4 is 0 Å². The largest absolute Gasteiger partial charge is 0.377 e. The van der Waals surface area contributed by atoms with Crippen molar-refractivity contribution in [1.29, 1.82) is 0 Å². The molecule has 0 aromatic heterocycles. The van der Waals surface area contributed by atoms with E-state index in [2.05, 4.69) is 0 Å². The van der Waals surface area contributed by atoms with Crippen molar-refractivity contribution in [3.05, 3.63) is 0 Å². The van der Waals surface area contributed by atoms with Crippen molar-refractivity contribution in [2.45, 2.75) is 101 Å². The van der Waals surface area contributed by atoms with Crippen LogP contribution in [0, 0.1) is 0 Å². The average Bonchev–Trinajstić information content (AvgIpc) is 3.40. The van der Waals surface area contributed by atoms with E-state index < -0.39 is 30.3 Å². The first-order valence-corrected chi connectivity index (χ1v) is 13.5. The van der Waals surface area contributed by atoms with Gasteiger partial charge in [0.25, 0.3) is 0 Å². The van der Waals surface area contributed by atoms with Crippen LogP contribution in [-0.4, -0.2) is 141 Å². The van der Waals surface area contributed by atoms with E-state index in [1.54, 1.807) is 28.4 Å². The van der Waals surface area contributed by atoms with Gasteiger partial charge in [-0.2, -0.15) is 0 Å². The summed E-state index contributed by atoms with van der Waals surface area (Å²) < 4.78 is 75.8. The lowest BCUT2D eigenvalue weighted by Crippen LogP contribution is -2.61. The molecule has 0 aromatic rings. The molecule has 10 atom stereocenters. The number of methoxy groups -OCH3 is 4.